The van der Waals surface area contributed by atoms with Gasteiger partial charge < -0.3 is 4.90 Å². The normalized spacial score (nSPS) is 15.7. The fourth-order valence-electron chi connectivity index (χ4n) is 2.28. The van der Waals surface area contributed by atoms with Gasteiger partial charge in [-0.3, -0.25) is 0 Å². The highest BCUT2D eigenvalue weighted by molar-refractivity contribution is 5.55. The Hall–Kier alpha value is -1.70. The van der Waals surface area contributed by atoms with Crippen LogP contribution in [0.5, 0.6) is 0 Å². The zero-order valence-electron chi connectivity index (χ0n) is 10.7. The summed E-state index contributed by atoms with van der Waals surface area (Å²) in [6.07, 6.45) is -0.892. The Morgan fingerprint density at radius 3 is 2.53 bits per heavy atom. The third kappa shape index (κ3) is 3.01. The first-order chi connectivity index (χ1) is 8.91. The third-order valence-corrected chi connectivity index (χ3v) is 3.63. The number of hydrogen-bond acceptors (Lipinski definition) is 2. The molecule has 0 heterocycles. The molecule has 1 aliphatic rings. The summed E-state index contributed by atoms with van der Waals surface area (Å²) >= 11 is 0. The van der Waals surface area contributed by atoms with Gasteiger partial charge in [0.15, 0.2) is 0 Å². The summed E-state index contributed by atoms with van der Waals surface area (Å²) in [7, 11) is 1.85. The molecule has 0 aromatic heterocycles. The number of anilines is 1. The molecule has 2 nitrogen and oxygen atoms in total. The van der Waals surface area contributed by atoms with Crippen LogP contribution in [0, 0.1) is 17.2 Å². The summed E-state index contributed by atoms with van der Waals surface area (Å²) in [5.74, 6) is 0.623. The van der Waals surface area contributed by atoms with Crippen LogP contribution in [0.4, 0.5) is 18.9 Å². The van der Waals surface area contributed by atoms with Crippen molar-refractivity contribution in [1.29, 1.82) is 5.26 Å². The Bertz CT molecular complexity index is 498. The maximum Gasteiger partial charge on any atom is 0.417 e. The van der Waals surface area contributed by atoms with E-state index < -0.39 is 11.7 Å². The van der Waals surface area contributed by atoms with Crippen molar-refractivity contribution >= 4 is 5.69 Å². The van der Waals surface area contributed by atoms with E-state index in [1.807, 2.05) is 11.9 Å². The molecule has 0 radical (unpaired) electrons. The largest absolute Gasteiger partial charge is 0.417 e. The summed E-state index contributed by atoms with van der Waals surface area (Å²) in [4.78, 5) is 1.92. The second-order valence-corrected chi connectivity index (χ2v) is 5.02. The lowest BCUT2D eigenvalue weighted by Crippen LogP contribution is -2.29. The number of nitriles is 1. The summed E-state index contributed by atoms with van der Waals surface area (Å²) < 4.78 is 38.0. The average Bonchev–Trinajstić information content (AvgIpc) is 2.31. The maximum atomic E-state index is 12.7. The van der Waals surface area contributed by atoms with Crippen LogP contribution < -0.4 is 4.90 Å². The van der Waals surface area contributed by atoms with Gasteiger partial charge in [0.25, 0.3) is 0 Å². The second-order valence-electron chi connectivity index (χ2n) is 5.02. The number of benzene rings is 1. The summed E-state index contributed by atoms with van der Waals surface area (Å²) in [6.45, 7) is 0.830. The Balaban J connectivity index is 2.21. The molecule has 1 aliphatic carbocycles. The van der Waals surface area contributed by atoms with Crippen molar-refractivity contribution in [3.05, 3.63) is 29.3 Å². The van der Waals surface area contributed by atoms with Crippen molar-refractivity contribution in [3.8, 4) is 6.07 Å². The van der Waals surface area contributed by atoms with Crippen molar-refractivity contribution in [2.45, 2.75) is 25.4 Å². The minimum atomic E-state index is -4.48. The van der Waals surface area contributed by atoms with E-state index in [1.54, 1.807) is 6.07 Å². The van der Waals surface area contributed by atoms with Gasteiger partial charge in [0, 0.05) is 19.3 Å². The van der Waals surface area contributed by atoms with Gasteiger partial charge in [-0.05, 0) is 37.0 Å². The summed E-state index contributed by atoms with van der Waals surface area (Å²) in [6, 6.07) is 5.38. The van der Waals surface area contributed by atoms with E-state index >= 15 is 0 Å². The topological polar surface area (TPSA) is 27.0 Å². The van der Waals surface area contributed by atoms with Gasteiger partial charge in [-0.1, -0.05) is 6.42 Å². The highest BCUT2D eigenvalue weighted by atomic mass is 19.4. The molecule has 0 unspecified atom stereocenters. The van der Waals surface area contributed by atoms with Crippen LogP contribution in [0.3, 0.4) is 0 Å². The molecule has 0 saturated heterocycles. The predicted molar refractivity (Wildman–Crippen MR) is 66.8 cm³/mol. The first-order valence-electron chi connectivity index (χ1n) is 6.24. The van der Waals surface area contributed by atoms with Gasteiger partial charge in [-0.25, -0.2) is 0 Å². The number of halogens is 3. The van der Waals surface area contributed by atoms with E-state index in [2.05, 4.69) is 0 Å². The molecule has 1 aromatic rings. The molecule has 5 heteroatoms. The fraction of sp³-hybridized carbons (Fsp3) is 0.500. The van der Waals surface area contributed by atoms with E-state index in [4.69, 9.17) is 5.26 Å². The lowest BCUT2D eigenvalue weighted by atomic mass is 9.85. The van der Waals surface area contributed by atoms with Gasteiger partial charge in [0.05, 0.1) is 17.2 Å². The monoisotopic (exact) mass is 268 g/mol. The smallest absolute Gasteiger partial charge is 0.374 e. The molecule has 0 aliphatic heterocycles. The molecule has 0 amide bonds. The summed E-state index contributed by atoms with van der Waals surface area (Å²) in [5.41, 5.74) is -0.516. The van der Waals surface area contributed by atoms with Crippen molar-refractivity contribution in [2.75, 3.05) is 18.5 Å². The van der Waals surface area contributed by atoms with E-state index in [-0.39, 0.29) is 5.56 Å². The number of rotatable bonds is 3. The highest BCUT2D eigenvalue weighted by Crippen LogP contribution is 2.34. The SMILES string of the molecule is CN(CC1CCC1)c1ccc(C(F)(F)F)c(C#N)c1. The van der Waals surface area contributed by atoms with Gasteiger partial charge in [-0.2, -0.15) is 18.4 Å². The van der Waals surface area contributed by atoms with Crippen molar-refractivity contribution in [3.63, 3.8) is 0 Å². The molecule has 0 spiro atoms. The molecular formula is C14H15F3N2. The van der Waals surface area contributed by atoms with E-state index in [1.165, 1.54) is 31.4 Å². The van der Waals surface area contributed by atoms with Crippen LogP contribution >= 0.6 is 0 Å². The van der Waals surface area contributed by atoms with Crippen LogP contribution in [0.15, 0.2) is 18.2 Å². The van der Waals surface area contributed by atoms with Crippen LogP contribution in [0.2, 0.25) is 0 Å². The Morgan fingerprint density at radius 2 is 2.05 bits per heavy atom. The average molecular weight is 268 g/mol. The molecule has 1 fully saturated rings. The van der Waals surface area contributed by atoms with Crippen molar-refractivity contribution in [2.24, 2.45) is 5.92 Å². The lowest BCUT2D eigenvalue weighted by Gasteiger charge is -2.31. The zero-order valence-corrected chi connectivity index (χ0v) is 10.7. The standard InChI is InChI=1S/C14H15F3N2/c1-19(9-10-3-2-4-10)12-5-6-13(14(15,16)17)11(7-12)8-18/h5-7,10H,2-4,9H2,1H3. The number of hydrogen-bond donors (Lipinski definition) is 0. The molecule has 0 atom stereocenters. The maximum absolute atomic E-state index is 12.7. The molecule has 19 heavy (non-hydrogen) atoms. The fourth-order valence-corrected chi connectivity index (χ4v) is 2.28. The second kappa shape index (κ2) is 5.12. The van der Waals surface area contributed by atoms with E-state index in [0.717, 1.165) is 12.6 Å². The molecule has 1 aromatic carbocycles. The molecule has 1 saturated carbocycles. The first-order valence-corrected chi connectivity index (χ1v) is 6.24. The first kappa shape index (κ1) is 13.7. The molecular weight excluding hydrogens is 253 g/mol. The molecule has 102 valence electrons. The van der Waals surface area contributed by atoms with Crippen molar-refractivity contribution < 1.29 is 13.2 Å². The highest BCUT2D eigenvalue weighted by Gasteiger charge is 2.33. The Labute approximate surface area is 110 Å². The van der Waals surface area contributed by atoms with Crippen LogP contribution in [0.25, 0.3) is 0 Å². The van der Waals surface area contributed by atoms with Crippen molar-refractivity contribution in [1.82, 2.24) is 0 Å². The Morgan fingerprint density at radius 1 is 1.37 bits per heavy atom. The third-order valence-electron chi connectivity index (χ3n) is 3.63. The van der Waals surface area contributed by atoms with Gasteiger partial charge in [0.2, 0.25) is 0 Å². The number of nitrogens with zero attached hydrogens (tertiary/aromatic N) is 2. The van der Waals surface area contributed by atoms with E-state index in [0.29, 0.717) is 11.6 Å². The van der Waals surface area contributed by atoms with Gasteiger partial charge in [-0.15, -0.1) is 0 Å². The van der Waals surface area contributed by atoms with Gasteiger partial charge >= 0.3 is 6.18 Å². The quantitative estimate of drug-likeness (QED) is 0.833. The van der Waals surface area contributed by atoms with Crippen LogP contribution in [-0.2, 0) is 6.18 Å². The van der Waals surface area contributed by atoms with Gasteiger partial charge in [0.1, 0.15) is 0 Å². The van der Waals surface area contributed by atoms with Crippen LogP contribution in [-0.4, -0.2) is 13.6 Å². The predicted octanol–water partition coefficient (Wildman–Crippen LogP) is 3.81. The molecule has 0 N–H and O–H groups in total. The number of alkyl halides is 3. The summed E-state index contributed by atoms with van der Waals surface area (Å²) in [5, 5.41) is 8.86. The van der Waals surface area contributed by atoms with E-state index in [9.17, 15) is 13.2 Å². The Kier molecular flexibility index (Phi) is 3.70. The zero-order chi connectivity index (χ0) is 14.0. The minimum Gasteiger partial charge on any atom is -0.374 e. The lowest BCUT2D eigenvalue weighted by molar-refractivity contribution is -0.137. The molecule has 2 rings (SSSR count). The minimum absolute atomic E-state index is 0.314. The molecule has 0 bridgehead atoms. The van der Waals surface area contributed by atoms with Crippen LogP contribution in [0.1, 0.15) is 30.4 Å².